The average molecular weight is 266 g/mol. The zero-order valence-electron chi connectivity index (χ0n) is 10.4. The van der Waals surface area contributed by atoms with Crippen LogP contribution in [0.25, 0.3) is 0 Å². The second-order valence-corrected chi connectivity index (χ2v) is 5.77. The molecule has 1 aliphatic rings. The largest absolute Gasteiger partial charge is 0.349 e. The number of pyridine rings is 1. The van der Waals surface area contributed by atoms with Crippen LogP contribution >= 0.6 is 11.8 Å². The number of amides is 1. The van der Waals surface area contributed by atoms with Gasteiger partial charge in [-0.1, -0.05) is 6.42 Å². The number of hydrogen-bond donors (Lipinski definition) is 2. The van der Waals surface area contributed by atoms with E-state index in [1.54, 1.807) is 6.07 Å². The Morgan fingerprint density at radius 2 is 2.28 bits per heavy atom. The maximum Gasteiger partial charge on any atom is 0.252 e. The number of thioether (sulfide) groups is 1. The Bertz CT molecular complexity index is 452. The lowest BCUT2D eigenvalue weighted by Crippen LogP contribution is -2.39. The molecular weight excluding hydrogens is 248 g/mol. The Morgan fingerprint density at radius 1 is 1.44 bits per heavy atom. The minimum Gasteiger partial charge on any atom is -0.349 e. The molecule has 0 aliphatic heterocycles. The van der Waals surface area contributed by atoms with Gasteiger partial charge in [-0.05, 0) is 31.6 Å². The molecule has 2 unspecified atom stereocenters. The molecule has 2 atom stereocenters. The average Bonchev–Trinajstić information content (AvgIpc) is 2.39. The van der Waals surface area contributed by atoms with Crippen molar-refractivity contribution >= 4 is 17.7 Å². The van der Waals surface area contributed by atoms with Gasteiger partial charge in [-0.15, -0.1) is 0 Å². The molecule has 2 N–H and O–H groups in total. The molecule has 0 aromatic carbocycles. The highest BCUT2D eigenvalue weighted by atomic mass is 32.2. The Kier molecular flexibility index (Phi) is 4.47. The lowest BCUT2D eigenvalue weighted by Gasteiger charge is -2.28. The number of rotatable bonds is 3. The first-order valence-electron chi connectivity index (χ1n) is 6.21. The van der Waals surface area contributed by atoms with Crippen LogP contribution in [0.3, 0.4) is 0 Å². The van der Waals surface area contributed by atoms with Gasteiger partial charge >= 0.3 is 0 Å². The normalized spacial score (nSPS) is 23.6. The fourth-order valence-electron chi connectivity index (χ4n) is 2.31. The first-order valence-corrected chi connectivity index (χ1v) is 7.50. The van der Waals surface area contributed by atoms with Crippen molar-refractivity contribution in [1.29, 1.82) is 0 Å². The third kappa shape index (κ3) is 3.38. The highest BCUT2D eigenvalue weighted by molar-refractivity contribution is 7.99. The van der Waals surface area contributed by atoms with Crippen molar-refractivity contribution in [1.82, 2.24) is 10.3 Å². The topological polar surface area (TPSA) is 62.0 Å². The van der Waals surface area contributed by atoms with E-state index in [0.29, 0.717) is 10.8 Å². The van der Waals surface area contributed by atoms with Crippen molar-refractivity contribution in [3.63, 3.8) is 0 Å². The SMILES string of the molecule is CSC1CCCC(NC(=O)c2ccc(=O)[nH]c2)C1. The molecule has 0 bridgehead atoms. The first kappa shape index (κ1) is 13.2. The molecule has 4 nitrogen and oxygen atoms in total. The van der Waals surface area contributed by atoms with E-state index in [0.717, 1.165) is 12.8 Å². The predicted molar refractivity (Wildman–Crippen MR) is 74.1 cm³/mol. The Morgan fingerprint density at radius 3 is 2.94 bits per heavy atom. The number of aromatic nitrogens is 1. The third-order valence-electron chi connectivity index (χ3n) is 3.34. The fourth-order valence-corrected chi connectivity index (χ4v) is 3.14. The van der Waals surface area contributed by atoms with Crippen LogP contribution in [0.4, 0.5) is 0 Å². The molecule has 1 aromatic heterocycles. The smallest absolute Gasteiger partial charge is 0.252 e. The van der Waals surface area contributed by atoms with Gasteiger partial charge in [-0.3, -0.25) is 9.59 Å². The predicted octanol–water partition coefficient (Wildman–Crippen LogP) is 1.78. The van der Waals surface area contributed by atoms with Crippen LogP contribution in [0.5, 0.6) is 0 Å². The second kappa shape index (κ2) is 6.09. The summed E-state index contributed by atoms with van der Waals surface area (Å²) in [6.45, 7) is 0. The van der Waals surface area contributed by atoms with Crippen molar-refractivity contribution in [3.05, 3.63) is 34.2 Å². The number of H-pyrrole nitrogens is 1. The highest BCUT2D eigenvalue weighted by Gasteiger charge is 2.22. The van der Waals surface area contributed by atoms with E-state index in [4.69, 9.17) is 0 Å². The van der Waals surface area contributed by atoms with E-state index < -0.39 is 0 Å². The first-order chi connectivity index (χ1) is 8.69. The monoisotopic (exact) mass is 266 g/mol. The summed E-state index contributed by atoms with van der Waals surface area (Å²) in [7, 11) is 0. The molecular formula is C13H18N2O2S. The van der Waals surface area contributed by atoms with Gasteiger partial charge in [0, 0.05) is 23.6 Å². The summed E-state index contributed by atoms with van der Waals surface area (Å²) in [5.41, 5.74) is 0.326. The molecule has 1 saturated carbocycles. The molecule has 0 spiro atoms. The van der Waals surface area contributed by atoms with E-state index in [-0.39, 0.29) is 17.5 Å². The van der Waals surface area contributed by atoms with Crippen LogP contribution < -0.4 is 10.9 Å². The molecule has 0 saturated heterocycles. The molecule has 1 aromatic rings. The van der Waals surface area contributed by atoms with Gasteiger partial charge in [0.05, 0.1) is 5.56 Å². The quantitative estimate of drug-likeness (QED) is 0.876. The van der Waals surface area contributed by atoms with E-state index in [9.17, 15) is 9.59 Å². The Hall–Kier alpha value is -1.23. The van der Waals surface area contributed by atoms with Crippen molar-refractivity contribution in [2.45, 2.75) is 37.0 Å². The lowest BCUT2D eigenvalue weighted by molar-refractivity contribution is 0.0928. The summed E-state index contributed by atoms with van der Waals surface area (Å²) in [5.74, 6) is -0.0991. The molecule has 5 heteroatoms. The summed E-state index contributed by atoms with van der Waals surface area (Å²) >= 11 is 1.88. The number of hydrogen-bond acceptors (Lipinski definition) is 3. The van der Waals surface area contributed by atoms with Gasteiger partial charge < -0.3 is 10.3 Å². The van der Waals surface area contributed by atoms with Gasteiger partial charge in [0.15, 0.2) is 0 Å². The van der Waals surface area contributed by atoms with Crippen LogP contribution in [-0.4, -0.2) is 28.4 Å². The minimum absolute atomic E-state index is 0.0991. The molecule has 98 valence electrons. The lowest BCUT2D eigenvalue weighted by atomic mass is 9.95. The molecule has 18 heavy (non-hydrogen) atoms. The van der Waals surface area contributed by atoms with E-state index in [1.165, 1.54) is 25.1 Å². The summed E-state index contributed by atoms with van der Waals surface area (Å²) in [6, 6.07) is 3.19. The van der Waals surface area contributed by atoms with Gasteiger partial charge in [0.1, 0.15) is 0 Å². The number of nitrogens with one attached hydrogen (secondary N) is 2. The van der Waals surface area contributed by atoms with Crippen molar-refractivity contribution in [2.75, 3.05) is 6.26 Å². The van der Waals surface area contributed by atoms with E-state index in [2.05, 4.69) is 16.6 Å². The summed E-state index contributed by atoms with van der Waals surface area (Å²) in [6.07, 6.45) is 8.08. The highest BCUT2D eigenvalue weighted by Crippen LogP contribution is 2.26. The van der Waals surface area contributed by atoms with Crippen LogP contribution in [-0.2, 0) is 0 Å². The molecule has 1 fully saturated rings. The Labute approximate surface area is 111 Å². The third-order valence-corrected chi connectivity index (χ3v) is 4.44. The number of carbonyl (C=O) groups is 1. The van der Waals surface area contributed by atoms with Gasteiger partial charge in [-0.25, -0.2) is 0 Å². The van der Waals surface area contributed by atoms with Crippen molar-refractivity contribution in [3.8, 4) is 0 Å². The van der Waals surface area contributed by atoms with Gasteiger partial charge in [-0.2, -0.15) is 11.8 Å². The maximum absolute atomic E-state index is 12.0. The van der Waals surface area contributed by atoms with Crippen LogP contribution in [0.15, 0.2) is 23.1 Å². The maximum atomic E-state index is 12.0. The number of carbonyl (C=O) groups excluding carboxylic acids is 1. The van der Waals surface area contributed by atoms with Crippen molar-refractivity contribution < 1.29 is 4.79 Å². The van der Waals surface area contributed by atoms with Crippen LogP contribution in [0.2, 0.25) is 0 Å². The zero-order valence-corrected chi connectivity index (χ0v) is 11.3. The van der Waals surface area contributed by atoms with Gasteiger partial charge in [0.2, 0.25) is 5.56 Å². The van der Waals surface area contributed by atoms with Crippen LogP contribution in [0, 0.1) is 0 Å². The molecule has 2 rings (SSSR count). The van der Waals surface area contributed by atoms with Crippen molar-refractivity contribution in [2.24, 2.45) is 0 Å². The minimum atomic E-state index is -0.188. The summed E-state index contributed by atoms with van der Waals surface area (Å²) in [4.78, 5) is 25.4. The van der Waals surface area contributed by atoms with E-state index >= 15 is 0 Å². The van der Waals surface area contributed by atoms with Gasteiger partial charge in [0.25, 0.3) is 5.91 Å². The molecule has 1 aliphatic carbocycles. The molecule has 1 heterocycles. The van der Waals surface area contributed by atoms with E-state index in [1.807, 2.05) is 11.8 Å². The number of aromatic amines is 1. The fraction of sp³-hybridized carbons (Fsp3) is 0.538. The summed E-state index contributed by atoms with van der Waals surface area (Å²) < 4.78 is 0. The summed E-state index contributed by atoms with van der Waals surface area (Å²) in [5, 5.41) is 3.70. The second-order valence-electron chi connectivity index (χ2n) is 4.64. The molecule has 1 amide bonds. The molecule has 0 radical (unpaired) electrons. The van der Waals surface area contributed by atoms with Crippen LogP contribution in [0.1, 0.15) is 36.0 Å². The standard InChI is InChI=1S/C13H18N2O2S/c1-18-11-4-2-3-10(7-11)15-13(17)9-5-6-12(16)14-8-9/h5-6,8,10-11H,2-4,7H2,1H3,(H,14,16)(H,15,17). The zero-order chi connectivity index (χ0) is 13.0. The Balaban J connectivity index is 1.94.